The van der Waals surface area contributed by atoms with Crippen molar-refractivity contribution in [3.8, 4) is 5.75 Å². The highest BCUT2D eigenvalue weighted by Crippen LogP contribution is 2.54. The first kappa shape index (κ1) is 22.2. The van der Waals surface area contributed by atoms with Crippen LogP contribution in [0.1, 0.15) is 24.0 Å². The molecule has 3 atom stereocenters. The van der Waals surface area contributed by atoms with Crippen LogP contribution in [0.3, 0.4) is 0 Å². The summed E-state index contributed by atoms with van der Waals surface area (Å²) in [5.74, 6) is -7.14. The Morgan fingerprint density at radius 1 is 1.27 bits per heavy atom. The topological polar surface area (TPSA) is 210 Å². The van der Waals surface area contributed by atoms with Crippen LogP contribution in [-0.2, 0) is 20.8 Å². The minimum absolute atomic E-state index is 0.0364. The van der Waals surface area contributed by atoms with Crippen LogP contribution in [0.2, 0.25) is 0 Å². The highest BCUT2D eigenvalue weighted by Gasteiger charge is 2.60. The molecule has 1 aromatic rings. The smallest absolute Gasteiger partial charge is 0.255 e. The molecule has 172 valence electrons. The summed E-state index contributed by atoms with van der Waals surface area (Å²) in [5, 5.41) is 47.0. The molecule has 33 heavy (non-hydrogen) atoms. The number of carbonyl (C=O) groups is 3. The normalized spacial score (nSPS) is 26.3. The van der Waals surface area contributed by atoms with Crippen LogP contribution in [0.25, 0.3) is 16.2 Å². The van der Waals surface area contributed by atoms with Crippen molar-refractivity contribution >= 4 is 34.6 Å². The first-order valence-electron chi connectivity index (χ1n) is 10.0. The molecular formula is C21H21N5O7. The summed E-state index contributed by atoms with van der Waals surface area (Å²) in [4.78, 5) is 41.9. The van der Waals surface area contributed by atoms with E-state index < -0.39 is 57.8 Å². The van der Waals surface area contributed by atoms with Crippen molar-refractivity contribution < 1.29 is 34.8 Å². The van der Waals surface area contributed by atoms with E-state index in [4.69, 9.17) is 11.3 Å². The van der Waals surface area contributed by atoms with Crippen LogP contribution in [0.4, 0.5) is 11.4 Å². The maximum atomic E-state index is 13.5. The predicted octanol–water partition coefficient (Wildman–Crippen LogP) is 1.43. The van der Waals surface area contributed by atoms with Crippen molar-refractivity contribution in [1.82, 2.24) is 0 Å². The van der Waals surface area contributed by atoms with E-state index >= 15 is 0 Å². The minimum atomic E-state index is -2.63. The highest BCUT2D eigenvalue weighted by atomic mass is 16.3. The molecule has 2 unspecified atom stereocenters. The molecule has 1 amide bonds. The molecule has 0 radical (unpaired) electrons. The molecule has 4 rings (SSSR count). The number of carbonyl (C=O) groups excluding carboxylic acids is 3. The van der Waals surface area contributed by atoms with E-state index in [2.05, 4.69) is 10.0 Å². The van der Waals surface area contributed by atoms with Crippen molar-refractivity contribution in [2.45, 2.75) is 24.9 Å². The number of nitrogens with zero attached hydrogens (tertiary/aromatic N) is 4. The van der Waals surface area contributed by atoms with Gasteiger partial charge in [0, 0.05) is 42.6 Å². The zero-order valence-electron chi connectivity index (χ0n) is 17.7. The Morgan fingerprint density at radius 3 is 2.52 bits per heavy atom. The fourth-order valence-electron chi connectivity index (χ4n) is 5.18. The predicted molar refractivity (Wildman–Crippen MR) is 115 cm³/mol. The van der Waals surface area contributed by atoms with Crippen LogP contribution in [0.15, 0.2) is 28.1 Å². The maximum absolute atomic E-state index is 13.5. The lowest BCUT2D eigenvalue weighted by atomic mass is 9.59. The molecule has 3 aliphatic carbocycles. The van der Waals surface area contributed by atoms with E-state index in [1.807, 2.05) is 0 Å². The summed E-state index contributed by atoms with van der Waals surface area (Å²) in [6.07, 6.45) is -0.190. The number of hydrogen-bond acceptors (Lipinski definition) is 9. The van der Waals surface area contributed by atoms with Gasteiger partial charge in [-0.1, -0.05) is 5.11 Å². The van der Waals surface area contributed by atoms with Gasteiger partial charge in [0.15, 0.2) is 11.4 Å². The van der Waals surface area contributed by atoms with Gasteiger partial charge in [-0.2, -0.15) is 0 Å². The Balaban J connectivity index is 1.99. The summed E-state index contributed by atoms with van der Waals surface area (Å²) in [5.41, 5.74) is 11.0. The molecular weight excluding hydrogens is 434 g/mol. The van der Waals surface area contributed by atoms with Crippen molar-refractivity contribution in [2.75, 3.05) is 19.0 Å². The number of aromatic hydroxyl groups is 1. The van der Waals surface area contributed by atoms with Gasteiger partial charge in [0.25, 0.3) is 5.91 Å². The van der Waals surface area contributed by atoms with Gasteiger partial charge in [0.2, 0.25) is 5.78 Å². The molecule has 1 saturated carbocycles. The van der Waals surface area contributed by atoms with E-state index in [1.165, 1.54) is 6.07 Å². The number of Topliss-reactive ketones (excluding diaryl/α,β-unsaturated/α-hetero) is 2. The van der Waals surface area contributed by atoms with Gasteiger partial charge < -0.3 is 31.1 Å². The lowest BCUT2D eigenvalue weighted by Gasteiger charge is -2.46. The van der Waals surface area contributed by atoms with E-state index in [1.54, 1.807) is 19.0 Å². The number of rotatable bonds is 3. The van der Waals surface area contributed by atoms with E-state index in [-0.39, 0.29) is 36.1 Å². The Bertz CT molecular complexity index is 1260. The summed E-state index contributed by atoms with van der Waals surface area (Å²) in [6.45, 7) is 0. The summed E-state index contributed by atoms with van der Waals surface area (Å²) < 4.78 is 0. The summed E-state index contributed by atoms with van der Waals surface area (Å²) in [7, 11) is 3.42. The number of anilines is 1. The van der Waals surface area contributed by atoms with Crippen LogP contribution in [0.5, 0.6) is 5.75 Å². The molecule has 0 aliphatic heterocycles. The largest absolute Gasteiger partial charge is 0.508 e. The van der Waals surface area contributed by atoms with Gasteiger partial charge in [0.05, 0.1) is 11.3 Å². The van der Waals surface area contributed by atoms with E-state index in [0.29, 0.717) is 11.3 Å². The molecule has 12 heteroatoms. The van der Waals surface area contributed by atoms with Crippen molar-refractivity contribution in [2.24, 2.45) is 22.7 Å². The van der Waals surface area contributed by atoms with Crippen LogP contribution >= 0.6 is 0 Å². The molecule has 6 N–H and O–H groups in total. The first-order chi connectivity index (χ1) is 15.4. The van der Waals surface area contributed by atoms with E-state index in [9.17, 15) is 34.8 Å². The fraction of sp³-hybridized carbons (Fsp3) is 0.381. The number of phenolic OH excluding ortho intramolecular Hbond substituents is 1. The lowest BCUT2D eigenvalue weighted by molar-refractivity contribution is -0.147. The maximum Gasteiger partial charge on any atom is 0.255 e. The Kier molecular flexibility index (Phi) is 4.88. The van der Waals surface area contributed by atoms with Gasteiger partial charge >= 0.3 is 0 Å². The highest BCUT2D eigenvalue weighted by molar-refractivity contribution is 6.22. The second-order valence-corrected chi connectivity index (χ2v) is 8.61. The van der Waals surface area contributed by atoms with E-state index in [0.717, 1.165) is 0 Å². The monoisotopic (exact) mass is 455 g/mol. The number of hydrogen-bond donors (Lipinski definition) is 5. The van der Waals surface area contributed by atoms with Gasteiger partial charge in [-0.3, -0.25) is 14.4 Å². The second kappa shape index (κ2) is 7.26. The number of azide groups is 1. The van der Waals surface area contributed by atoms with Crippen LogP contribution in [-0.4, -0.2) is 57.6 Å². The number of aliphatic hydroxyl groups is 3. The second-order valence-electron chi connectivity index (χ2n) is 8.61. The number of benzene rings is 1. The Labute approximate surface area is 186 Å². The lowest BCUT2D eigenvalue weighted by Crippen LogP contribution is -2.58. The number of amides is 1. The number of nitrogens with two attached hydrogens (primary N) is 1. The molecule has 0 spiro atoms. The SMILES string of the molecule is CN(C)c1cc(N=[N+]=[N-])c(O)c2c1CC1CC3CC(=O)C(C(N)=O)=C(O)[C@@]3(O)C(=O)C1=C2O. The molecule has 0 heterocycles. The molecule has 1 fully saturated rings. The summed E-state index contributed by atoms with van der Waals surface area (Å²) >= 11 is 0. The number of phenols is 1. The van der Waals surface area contributed by atoms with Gasteiger partial charge in [0.1, 0.15) is 22.8 Å². The first-order valence-corrected chi connectivity index (χ1v) is 10.0. The molecule has 12 nitrogen and oxygen atoms in total. The Morgan fingerprint density at radius 2 is 1.94 bits per heavy atom. The summed E-state index contributed by atoms with van der Waals surface area (Å²) in [6, 6.07) is 1.45. The van der Waals surface area contributed by atoms with Crippen LogP contribution in [0, 0.1) is 11.8 Å². The zero-order valence-corrected chi connectivity index (χ0v) is 17.7. The van der Waals surface area contributed by atoms with Gasteiger partial charge in [-0.25, -0.2) is 0 Å². The quantitative estimate of drug-likeness (QED) is 0.194. The number of aliphatic hydroxyl groups excluding tert-OH is 2. The third-order valence-corrected chi connectivity index (χ3v) is 6.65. The van der Waals surface area contributed by atoms with Gasteiger partial charge in [-0.05, 0) is 35.9 Å². The molecule has 0 bridgehead atoms. The molecule has 1 aromatic carbocycles. The molecule has 3 aliphatic rings. The fourth-order valence-corrected chi connectivity index (χ4v) is 5.18. The third kappa shape index (κ3) is 2.88. The average Bonchev–Trinajstić information content (AvgIpc) is 2.72. The number of ketones is 2. The standard InChI is InChI=1S/C21H21N5O7/c1-26(2)11-6-10(24-25-23)16(28)14-9(11)4-7-3-8-5-12(27)15(20(22)32)19(31)21(8,33)18(30)13(7)17(14)29/h6-8,28-29,31,33H,3-5H2,1-2H3,(H2,22,32)/t7?,8?,21-/m0/s1. The molecule has 0 aromatic heterocycles. The van der Waals surface area contributed by atoms with Crippen molar-refractivity contribution in [1.29, 1.82) is 0 Å². The minimum Gasteiger partial charge on any atom is -0.508 e. The number of fused-ring (bicyclic) bond motifs is 3. The average molecular weight is 455 g/mol. The van der Waals surface area contributed by atoms with Crippen molar-refractivity contribution in [3.05, 3.63) is 44.5 Å². The van der Waals surface area contributed by atoms with Crippen LogP contribution < -0.4 is 10.6 Å². The Hall–Kier alpha value is -4.02. The molecule has 0 saturated heterocycles. The number of primary amides is 1. The van der Waals surface area contributed by atoms with Gasteiger partial charge in [-0.15, -0.1) is 0 Å². The third-order valence-electron chi connectivity index (χ3n) is 6.65. The zero-order chi connectivity index (χ0) is 24.4. The van der Waals surface area contributed by atoms with Crippen molar-refractivity contribution in [3.63, 3.8) is 0 Å².